The van der Waals surface area contributed by atoms with Crippen molar-refractivity contribution >= 4 is 40.4 Å². The number of nitrogens with zero attached hydrogens (tertiary/aromatic N) is 3. The number of esters is 1. The van der Waals surface area contributed by atoms with Crippen molar-refractivity contribution in [2.24, 2.45) is 4.99 Å². The van der Waals surface area contributed by atoms with Gasteiger partial charge in [0, 0.05) is 30.8 Å². The van der Waals surface area contributed by atoms with Crippen LogP contribution in [0.15, 0.2) is 53.5 Å². The molecule has 174 valence electrons. The van der Waals surface area contributed by atoms with Gasteiger partial charge >= 0.3 is 5.97 Å². The third-order valence-electron chi connectivity index (χ3n) is 5.60. The number of hydrogen-bond acceptors (Lipinski definition) is 7. The van der Waals surface area contributed by atoms with Crippen LogP contribution in [0.5, 0.6) is 0 Å². The summed E-state index contributed by atoms with van der Waals surface area (Å²) < 4.78 is 5.34. The van der Waals surface area contributed by atoms with Gasteiger partial charge in [0.15, 0.2) is 5.17 Å². The van der Waals surface area contributed by atoms with Gasteiger partial charge in [-0.15, -0.1) is 0 Å². The zero-order chi connectivity index (χ0) is 23.9. The second-order valence-electron chi connectivity index (χ2n) is 8.07. The first-order valence-corrected chi connectivity index (χ1v) is 12.0. The van der Waals surface area contributed by atoms with Crippen molar-refractivity contribution in [2.75, 3.05) is 18.4 Å². The van der Waals surface area contributed by atoms with E-state index >= 15 is 0 Å². The van der Waals surface area contributed by atoms with Crippen LogP contribution in [0.3, 0.4) is 0 Å². The zero-order valence-electron chi connectivity index (χ0n) is 18.5. The smallest absolute Gasteiger partial charge is 0.338 e. The predicted molar refractivity (Wildman–Crippen MR) is 129 cm³/mol. The molecule has 8 nitrogen and oxygen atoms in total. The number of piperidine rings is 1. The first-order valence-electron chi connectivity index (χ1n) is 11.1. The van der Waals surface area contributed by atoms with Crippen molar-refractivity contribution < 1.29 is 19.1 Å². The van der Waals surface area contributed by atoms with Crippen molar-refractivity contribution in [3.8, 4) is 6.07 Å². The van der Waals surface area contributed by atoms with Crippen molar-refractivity contribution in [3.05, 3.63) is 65.2 Å². The minimum atomic E-state index is -0.565. The van der Waals surface area contributed by atoms with E-state index in [0.29, 0.717) is 22.0 Å². The largest absolute Gasteiger partial charge is 0.457 e. The zero-order valence-corrected chi connectivity index (χ0v) is 19.3. The fraction of sp³-hybridized carbons (Fsp3) is 0.320. The molecule has 34 heavy (non-hydrogen) atoms. The lowest BCUT2D eigenvalue weighted by Crippen LogP contribution is -2.33. The maximum absolute atomic E-state index is 12.6. The van der Waals surface area contributed by atoms with Crippen LogP contribution in [0.2, 0.25) is 0 Å². The number of rotatable bonds is 6. The van der Waals surface area contributed by atoms with E-state index in [1.54, 1.807) is 42.5 Å². The number of carbonyl (C=O) groups is 3. The fourth-order valence-corrected chi connectivity index (χ4v) is 4.93. The number of nitrogens with one attached hydrogen (secondary N) is 1. The molecular weight excluding hydrogens is 452 g/mol. The molecule has 4 rings (SSSR count). The van der Waals surface area contributed by atoms with Gasteiger partial charge in [0.1, 0.15) is 11.9 Å². The Morgan fingerprint density at radius 3 is 2.74 bits per heavy atom. The standard InChI is InChI=1S/C25H24N4O4S/c26-15-18-7-2-3-8-19(18)16-33-24(32)17-9-6-10-20(13-17)27-22(30)14-21-23(31)28-25(34-21)29-11-4-1-5-12-29/h2-3,6-10,13,21H,1,4-5,11-12,14,16H2,(H,27,30). The van der Waals surface area contributed by atoms with E-state index in [1.165, 1.54) is 24.2 Å². The van der Waals surface area contributed by atoms with Gasteiger partial charge in [-0.2, -0.15) is 10.3 Å². The highest BCUT2D eigenvalue weighted by Crippen LogP contribution is 2.29. The Hall–Kier alpha value is -3.64. The van der Waals surface area contributed by atoms with Gasteiger partial charge in [0.05, 0.1) is 17.2 Å². The Morgan fingerprint density at radius 1 is 1.15 bits per heavy atom. The highest BCUT2D eigenvalue weighted by Gasteiger charge is 2.33. The predicted octanol–water partition coefficient (Wildman–Crippen LogP) is 3.73. The molecule has 2 aliphatic rings. The summed E-state index contributed by atoms with van der Waals surface area (Å²) in [7, 11) is 0. The quantitative estimate of drug-likeness (QED) is 0.632. The summed E-state index contributed by atoms with van der Waals surface area (Å²) in [6.07, 6.45) is 3.36. The molecule has 9 heteroatoms. The number of thioether (sulfide) groups is 1. The summed E-state index contributed by atoms with van der Waals surface area (Å²) in [6, 6.07) is 15.4. The molecule has 2 aromatic carbocycles. The van der Waals surface area contributed by atoms with Crippen LogP contribution in [0.25, 0.3) is 0 Å². The summed E-state index contributed by atoms with van der Waals surface area (Å²) in [6.45, 7) is 1.76. The van der Waals surface area contributed by atoms with Gasteiger partial charge in [-0.3, -0.25) is 9.59 Å². The van der Waals surface area contributed by atoms with Crippen molar-refractivity contribution in [1.29, 1.82) is 5.26 Å². The van der Waals surface area contributed by atoms with Gasteiger partial charge in [-0.1, -0.05) is 36.0 Å². The van der Waals surface area contributed by atoms with Crippen molar-refractivity contribution in [2.45, 2.75) is 37.5 Å². The number of carbonyl (C=O) groups excluding carboxylic acids is 3. The second kappa shape index (κ2) is 11.0. The highest BCUT2D eigenvalue weighted by atomic mass is 32.2. The second-order valence-corrected chi connectivity index (χ2v) is 9.23. The number of ether oxygens (including phenoxy) is 1. The third-order valence-corrected chi connectivity index (χ3v) is 6.82. The summed E-state index contributed by atoms with van der Waals surface area (Å²) in [5.41, 5.74) is 1.77. The summed E-state index contributed by atoms with van der Waals surface area (Å²) in [5.74, 6) is -1.17. The molecule has 1 N–H and O–H groups in total. The molecule has 1 fully saturated rings. The van der Waals surface area contributed by atoms with Crippen LogP contribution in [0.1, 0.15) is 47.2 Å². The van der Waals surface area contributed by atoms with E-state index in [-0.39, 0.29) is 30.4 Å². The molecule has 2 amide bonds. The van der Waals surface area contributed by atoms with Crippen molar-refractivity contribution in [3.63, 3.8) is 0 Å². The molecule has 0 saturated carbocycles. The number of benzene rings is 2. The number of amidine groups is 1. The molecular formula is C25H24N4O4S. The van der Waals surface area contributed by atoms with Crippen LogP contribution in [-0.4, -0.2) is 46.2 Å². The summed E-state index contributed by atoms with van der Waals surface area (Å²) >= 11 is 1.35. The maximum Gasteiger partial charge on any atom is 0.338 e. The lowest BCUT2D eigenvalue weighted by atomic mass is 10.1. The van der Waals surface area contributed by atoms with E-state index in [2.05, 4.69) is 21.3 Å². The number of aliphatic imine (C=N–C) groups is 1. The van der Waals surface area contributed by atoms with Crippen LogP contribution in [-0.2, 0) is 20.9 Å². The summed E-state index contributed by atoms with van der Waals surface area (Å²) in [4.78, 5) is 43.6. The number of hydrogen-bond donors (Lipinski definition) is 1. The molecule has 0 aromatic heterocycles. The maximum atomic E-state index is 12.6. The van der Waals surface area contributed by atoms with Gasteiger partial charge in [-0.25, -0.2) is 4.79 Å². The Morgan fingerprint density at radius 2 is 1.94 bits per heavy atom. The van der Waals surface area contributed by atoms with E-state index in [1.807, 2.05) is 0 Å². The average molecular weight is 477 g/mol. The molecule has 2 aromatic rings. The first kappa shape index (κ1) is 23.5. The topological polar surface area (TPSA) is 112 Å². The molecule has 2 aliphatic heterocycles. The van der Waals surface area contributed by atoms with Crippen molar-refractivity contribution in [1.82, 2.24) is 4.90 Å². The molecule has 1 atom stereocenters. The number of amides is 2. The van der Waals surface area contributed by atoms with E-state index < -0.39 is 11.2 Å². The van der Waals surface area contributed by atoms with Gasteiger partial charge in [0.25, 0.3) is 5.91 Å². The normalized spacial score (nSPS) is 17.6. The molecule has 0 bridgehead atoms. The Bertz CT molecular complexity index is 1170. The number of nitriles is 1. The fourth-order valence-electron chi connectivity index (χ4n) is 3.82. The van der Waals surface area contributed by atoms with Crippen LogP contribution < -0.4 is 5.32 Å². The monoisotopic (exact) mass is 476 g/mol. The van der Waals surface area contributed by atoms with Crippen LogP contribution >= 0.6 is 11.8 Å². The van der Waals surface area contributed by atoms with E-state index in [9.17, 15) is 14.4 Å². The average Bonchev–Trinajstić information content (AvgIpc) is 3.23. The first-order chi connectivity index (χ1) is 16.5. The summed E-state index contributed by atoms with van der Waals surface area (Å²) in [5, 5.41) is 12.1. The van der Waals surface area contributed by atoms with Crippen LogP contribution in [0, 0.1) is 11.3 Å². The van der Waals surface area contributed by atoms with Gasteiger partial charge in [0.2, 0.25) is 5.91 Å². The molecule has 0 spiro atoms. The lowest BCUT2D eigenvalue weighted by molar-refractivity contribution is -0.121. The minimum absolute atomic E-state index is 0.00393. The lowest BCUT2D eigenvalue weighted by Gasteiger charge is -2.27. The minimum Gasteiger partial charge on any atom is -0.457 e. The van der Waals surface area contributed by atoms with Gasteiger partial charge < -0.3 is 15.0 Å². The highest BCUT2D eigenvalue weighted by molar-refractivity contribution is 8.15. The Labute approximate surface area is 202 Å². The SMILES string of the molecule is N#Cc1ccccc1COC(=O)c1cccc(NC(=O)CC2SC(N3CCCCC3)=NC2=O)c1. The van der Waals surface area contributed by atoms with E-state index in [0.717, 1.165) is 25.9 Å². The third kappa shape index (κ3) is 5.83. The molecule has 1 saturated heterocycles. The van der Waals surface area contributed by atoms with E-state index in [4.69, 9.17) is 10.00 Å². The molecule has 1 unspecified atom stereocenters. The molecule has 0 radical (unpaired) electrons. The molecule has 0 aliphatic carbocycles. The van der Waals surface area contributed by atoms with Gasteiger partial charge in [-0.05, 0) is 43.5 Å². The Kier molecular flexibility index (Phi) is 7.60. The van der Waals surface area contributed by atoms with Crippen LogP contribution in [0.4, 0.5) is 5.69 Å². The molecule has 2 heterocycles. The number of likely N-dealkylation sites (tertiary alicyclic amines) is 1. The Balaban J connectivity index is 1.30. The number of anilines is 1.